The van der Waals surface area contributed by atoms with Crippen molar-refractivity contribution in [3.05, 3.63) is 11.6 Å². The summed E-state index contributed by atoms with van der Waals surface area (Å²) in [6.45, 7) is 10.0. The molecule has 0 aromatic heterocycles. The highest BCUT2D eigenvalue weighted by atomic mass is 16.6. The third-order valence-corrected chi connectivity index (χ3v) is 2.84. The number of carbonyl (C=O) groups is 1. The minimum Gasteiger partial charge on any atom is -0.444 e. The van der Waals surface area contributed by atoms with Gasteiger partial charge in [-0.1, -0.05) is 25.5 Å². The largest absolute Gasteiger partial charge is 0.444 e. The first-order valence-electron chi connectivity index (χ1n) is 6.48. The first-order chi connectivity index (χ1) is 7.78. The van der Waals surface area contributed by atoms with E-state index in [2.05, 4.69) is 25.2 Å². The Morgan fingerprint density at radius 2 is 2.12 bits per heavy atom. The molecule has 1 atom stereocenters. The van der Waals surface area contributed by atoms with Crippen LogP contribution in [0.3, 0.4) is 0 Å². The van der Waals surface area contributed by atoms with Crippen LogP contribution in [0.1, 0.15) is 53.9 Å². The summed E-state index contributed by atoms with van der Waals surface area (Å²) in [5, 5.41) is 2.92. The zero-order valence-corrected chi connectivity index (χ0v) is 11.7. The van der Waals surface area contributed by atoms with E-state index in [0.717, 1.165) is 19.3 Å². The Kier molecular flexibility index (Phi) is 4.61. The lowest BCUT2D eigenvalue weighted by atomic mass is 9.89. The summed E-state index contributed by atoms with van der Waals surface area (Å²) in [4.78, 5) is 11.6. The van der Waals surface area contributed by atoms with Crippen molar-refractivity contribution in [2.75, 3.05) is 0 Å². The van der Waals surface area contributed by atoms with E-state index in [9.17, 15) is 4.79 Å². The number of amides is 1. The highest BCUT2D eigenvalue weighted by Gasteiger charge is 2.21. The molecule has 1 unspecified atom stereocenters. The lowest BCUT2D eigenvalue weighted by molar-refractivity contribution is 0.0511. The van der Waals surface area contributed by atoms with Crippen LogP contribution in [0, 0.1) is 5.92 Å². The van der Waals surface area contributed by atoms with E-state index in [-0.39, 0.29) is 12.1 Å². The van der Waals surface area contributed by atoms with Gasteiger partial charge in [-0.15, -0.1) is 0 Å². The molecule has 0 aromatic carbocycles. The SMILES string of the molecule is CC(C)C1=CC(NC(=O)OC(C)(C)C)CCC1. The molecule has 0 aliphatic heterocycles. The quantitative estimate of drug-likeness (QED) is 0.747. The van der Waals surface area contributed by atoms with Crippen LogP contribution in [0.4, 0.5) is 4.79 Å². The second kappa shape index (κ2) is 5.56. The van der Waals surface area contributed by atoms with Gasteiger partial charge in [0.15, 0.2) is 0 Å². The lowest BCUT2D eigenvalue weighted by Crippen LogP contribution is -2.39. The molecule has 1 amide bonds. The molecule has 17 heavy (non-hydrogen) atoms. The smallest absolute Gasteiger partial charge is 0.408 e. The molecule has 1 aliphatic rings. The predicted octanol–water partition coefficient (Wildman–Crippen LogP) is 3.65. The summed E-state index contributed by atoms with van der Waals surface area (Å²) in [6.07, 6.45) is 5.19. The molecule has 1 N–H and O–H groups in total. The average molecular weight is 239 g/mol. The summed E-state index contributed by atoms with van der Waals surface area (Å²) in [7, 11) is 0. The topological polar surface area (TPSA) is 38.3 Å². The van der Waals surface area contributed by atoms with Crippen LogP contribution in [0.15, 0.2) is 11.6 Å². The van der Waals surface area contributed by atoms with E-state index >= 15 is 0 Å². The zero-order chi connectivity index (χ0) is 13.1. The van der Waals surface area contributed by atoms with Crippen LogP contribution in [0.5, 0.6) is 0 Å². The molecule has 1 aliphatic carbocycles. The lowest BCUT2D eigenvalue weighted by Gasteiger charge is -2.26. The first-order valence-corrected chi connectivity index (χ1v) is 6.48. The van der Waals surface area contributed by atoms with E-state index in [0.29, 0.717) is 5.92 Å². The Morgan fingerprint density at radius 1 is 1.47 bits per heavy atom. The van der Waals surface area contributed by atoms with Gasteiger partial charge in [-0.25, -0.2) is 4.79 Å². The highest BCUT2D eigenvalue weighted by molar-refractivity contribution is 5.68. The predicted molar refractivity (Wildman–Crippen MR) is 69.9 cm³/mol. The number of hydrogen-bond donors (Lipinski definition) is 1. The molecule has 0 radical (unpaired) electrons. The number of allylic oxidation sites excluding steroid dienone is 1. The Bertz CT molecular complexity index is 300. The van der Waals surface area contributed by atoms with Crippen LogP contribution in [-0.2, 0) is 4.74 Å². The molecular formula is C14H25NO2. The summed E-state index contributed by atoms with van der Waals surface area (Å²) < 4.78 is 5.26. The van der Waals surface area contributed by atoms with Gasteiger partial charge in [0.05, 0.1) is 6.04 Å². The average Bonchev–Trinajstić information content (AvgIpc) is 2.14. The fourth-order valence-corrected chi connectivity index (χ4v) is 2.01. The number of carbonyl (C=O) groups excluding carboxylic acids is 1. The van der Waals surface area contributed by atoms with Gasteiger partial charge in [0.1, 0.15) is 5.60 Å². The third kappa shape index (κ3) is 5.24. The number of ether oxygens (including phenoxy) is 1. The van der Waals surface area contributed by atoms with Crippen molar-refractivity contribution in [2.45, 2.75) is 65.5 Å². The number of nitrogens with one attached hydrogen (secondary N) is 1. The second-order valence-electron chi connectivity index (χ2n) is 6.04. The number of alkyl carbamates (subject to hydrolysis) is 1. The van der Waals surface area contributed by atoms with Crippen molar-refractivity contribution in [2.24, 2.45) is 5.92 Å². The number of hydrogen-bond acceptors (Lipinski definition) is 2. The van der Waals surface area contributed by atoms with Crippen LogP contribution in [-0.4, -0.2) is 17.7 Å². The van der Waals surface area contributed by atoms with Crippen molar-refractivity contribution >= 4 is 6.09 Å². The Hall–Kier alpha value is -0.990. The third-order valence-electron chi connectivity index (χ3n) is 2.84. The van der Waals surface area contributed by atoms with E-state index in [1.54, 1.807) is 0 Å². The van der Waals surface area contributed by atoms with Gasteiger partial charge in [-0.2, -0.15) is 0 Å². The molecule has 0 aromatic rings. The minimum absolute atomic E-state index is 0.135. The zero-order valence-electron chi connectivity index (χ0n) is 11.7. The van der Waals surface area contributed by atoms with E-state index < -0.39 is 5.60 Å². The molecule has 0 heterocycles. The van der Waals surface area contributed by atoms with Crippen LogP contribution in [0.2, 0.25) is 0 Å². The van der Waals surface area contributed by atoms with Crippen molar-refractivity contribution < 1.29 is 9.53 Å². The van der Waals surface area contributed by atoms with E-state index in [1.165, 1.54) is 5.57 Å². The standard InChI is InChI=1S/C14H25NO2/c1-10(2)11-7-6-8-12(9-11)15-13(16)17-14(3,4)5/h9-10,12H,6-8H2,1-5H3,(H,15,16). The second-order valence-corrected chi connectivity index (χ2v) is 6.04. The van der Waals surface area contributed by atoms with Gasteiger partial charge in [0.25, 0.3) is 0 Å². The molecule has 1 rings (SSSR count). The maximum absolute atomic E-state index is 11.6. The maximum Gasteiger partial charge on any atom is 0.408 e. The van der Waals surface area contributed by atoms with Gasteiger partial charge >= 0.3 is 6.09 Å². The van der Waals surface area contributed by atoms with Gasteiger partial charge in [-0.3, -0.25) is 0 Å². The van der Waals surface area contributed by atoms with Gasteiger partial charge < -0.3 is 10.1 Å². The molecule has 0 saturated carbocycles. The van der Waals surface area contributed by atoms with E-state index in [1.807, 2.05) is 20.8 Å². The molecule has 3 heteroatoms. The minimum atomic E-state index is -0.427. The molecule has 0 saturated heterocycles. The molecule has 0 fully saturated rings. The molecular weight excluding hydrogens is 214 g/mol. The summed E-state index contributed by atoms with van der Waals surface area (Å²) >= 11 is 0. The fourth-order valence-electron chi connectivity index (χ4n) is 2.01. The Balaban J connectivity index is 2.52. The Labute approximate surface area is 105 Å². The van der Waals surface area contributed by atoms with Gasteiger partial charge in [0.2, 0.25) is 0 Å². The Morgan fingerprint density at radius 3 is 2.65 bits per heavy atom. The first kappa shape index (κ1) is 14.1. The van der Waals surface area contributed by atoms with Crippen molar-refractivity contribution in [3.63, 3.8) is 0 Å². The molecule has 3 nitrogen and oxygen atoms in total. The fraction of sp³-hybridized carbons (Fsp3) is 0.786. The van der Waals surface area contributed by atoms with Crippen molar-refractivity contribution in [1.29, 1.82) is 0 Å². The molecule has 0 bridgehead atoms. The molecule has 98 valence electrons. The van der Waals surface area contributed by atoms with Gasteiger partial charge in [0, 0.05) is 0 Å². The summed E-state index contributed by atoms with van der Waals surface area (Å²) in [5.41, 5.74) is 1.01. The normalized spacial score (nSPS) is 21.1. The number of rotatable bonds is 2. The summed E-state index contributed by atoms with van der Waals surface area (Å²) in [6, 6.07) is 0.135. The van der Waals surface area contributed by atoms with Crippen LogP contribution < -0.4 is 5.32 Å². The monoisotopic (exact) mass is 239 g/mol. The van der Waals surface area contributed by atoms with Crippen LogP contribution in [0.25, 0.3) is 0 Å². The maximum atomic E-state index is 11.6. The van der Waals surface area contributed by atoms with E-state index in [4.69, 9.17) is 4.74 Å². The highest BCUT2D eigenvalue weighted by Crippen LogP contribution is 2.24. The van der Waals surface area contributed by atoms with Crippen LogP contribution >= 0.6 is 0 Å². The van der Waals surface area contributed by atoms with Crippen molar-refractivity contribution in [1.82, 2.24) is 5.32 Å². The summed E-state index contributed by atoms with van der Waals surface area (Å²) in [5.74, 6) is 0.568. The van der Waals surface area contributed by atoms with Crippen molar-refractivity contribution in [3.8, 4) is 0 Å². The van der Waals surface area contributed by atoms with Gasteiger partial charge in [-0.05, 0) is 46.0 Å². The molecule has 0 spiro atoms.